The molecule has 3 rings (SSSR count). The first-order valence-electron chi connectivity index (χ1n) is 11.3. The predicted octanol–water partition coefficient (Wildman–Crippen LogP) is 2.30. The van der Waals surface area contributed by atoms with E-state index < -0.39 is 0 Å². The van der Waals surface area contributed by atoms with E-state index in [1.165, 1.54) is 43.2 Å². The molecular formula is C25H38ClNO2. The SMILES string of the molecule is C/C(=C/C[N+]1(CC(=O)OC2CCC(C)CC2)CCCCC1)Cc1ccccc1.[Cl-]. The van der Waals surface area contributed by atoms with Crippen molar-refractivity contribution >= 4 is 5.97 Å². The second-order valence-corrected chi connectivity index (χ2v) is 9.27. The molecule has 1 aliphatic carbocycles. The van der Waals surface area contributed by atoms with Gasteiger partial charge in [-0.25, -0.2) is 4.79 Å². The first-order chi connectivity index (χ1) is 13.5. The molecule has 1 aromatic carbocycles. The molecule has 0 aromatic heterocycles. The number of hydrogen-bond donors (Lipinski definition) is 0. The van der Waals surface area contributed by atoms with Crippen LogP contribution in [0.4, 0.5) is 0 Å². The zero-order valence-corrected chi connectivity index (χ0v) is 19.0. The summed E-state index contributed by atoms with van der Waals surface area (Å²) in [6.45, 7) is 8.22. The van der Waals surface area contributed by atoms with Gasteiger partial charge in [-0.3, -0.25) is 0 Å². The Labute approximate surface area is 183 Å². The van der Waals surface area contributed by atoms with Gasteiger partial charge in [-0.1, -0.05) is 42.8 Å². The third-order valence-electron chi connectivity index (χ3n) is 6.64. The van der Waals surface area contributed by atoms with Gasteiger partial charge in [0.05, 0.1) is 19.6 Å². The van der Waals surface area contributed by atoms with Crippen molar-refractivity contribution in [3.8, 4) is 0 Å². The molecule has 0 spiro atoms. The highest BCUT2D eigenvalue weighted by Crippen LogP contribution is 2.26. The lowest BCUT2D eigenvalue weighted by Gasteiger charge is -2.40. The van der Waals surface area contributed by atoms with Crippen LogP contribution in [-0.4, -0.2) is 42.7 Å². The fourth-order valence-electron chi connectivity index (χ4n) is 4.77. The van der Waals surface area contributed by atoms with Gasteiger partial charge in [0.2, 0.25) is 0 Å². The van der Waals surface area contributed by atoms with E-state index in [-0.39, 0.29) is 24.5 Å². The number of piperidine rings is 1. The first-order valence-corrected chi connectivity index (χ1v) is 11.3. The molecule has 2 fully saturated rings. The van der Waals surface area contributed by atoms with Gasteiger partial charge < -0.3 is 21.6 Å². The van der Waals surface area contributed by atoms with Crippen LogP contribution in [0.5, 0.6) is 0 Å². The van der Waals surface area contributed by atoms with E-state index in [9.17, 15) is 4.79 Å². The summed E-state index contributed by atoms with van der Waals surface area (Å²) in [6.07, 6.45) is 11.7. The van der Waals surface area contributed by atoms with E-state index in [0.29, 0.717) is 6.54 Å². The molecule has 0 atom stereocenters. The summed E-state index contributed by atoms with van der Waals surface area (Å²) >= 11 is 0. The number of allylic oxidation sites excluding steroid dienone is 1. The van der Waals surface area contributed by atoms with Crippen LogP contribution in [0.3, 0.4) is 0 Å². The molecule has 0 radical (unpaired) electrons. The van der Waals surface area contributed by atoms with E-state index in [0.717, 1.165) is 49.3 Å². The summed E-state index contributed by atoms with van der Waals surface area (Å²) in [5.41, 5.74) is 2.75. The summed E-state index contributed by atoms with van der Waals surface area (Å²) in [7, 11) is 0. The molecule has 4 heteroatoms. The van der Waals surface area contributed by atoms with Crippen LogP contribution in [-0.2, 0) is 16.0 Å². The molecule has 1 aliphatic heterocycles. The van der Waals surface area contributed by atoms with Gasteiger partial charge in [-0.05, 0) is 75.8 Å². The van der Waals surface area contributed by atoms with E-state index in [2.05, 4.69) is 50.3 Å². The predicted molar refractivity (Wildman–Crippen MR) is 115 cm³/mol. The van der Waals surface area contributed by atoms with Crippen LogP contribution in [0.2, 0.25) is 0 Å². The number of rotatable bonds is 7. The molecule has 0 N–H and O–H groups in total. The molecule has 1 saturated carbocycles. The highest BCUT2D eigenvalue weighted by atomic mass is 35.5. The maximum absolute atomic E-state index is 12.7. The lowest BCUT2D eigenvalue weighted by atomic mass is 9.89. The van der Waals surface area contributed by atoms with E-state index in [4.69, 9.17) is 4.74 Å². The maximum atomic E-state index is 12.7. The Morgan fingerprint density at radius 2 is 1.72 bits per heavy atom. The summed E-state index contributed by atoms with van der Waals surface area (Å²) in [6, 6.07) is 10.6. The number of hydrogen-bond acceptors (Lipinski definition) is 2. The van der Waals surface area contributed by atoms with Crippen LogP contribution in [0, 0.1) is 5.92 Å². The molecule has 29 heavy (non-hydrogen) atoms. The molecule has 162 valence electrons. The molecule has 1 aromatic rings. The Hall–Kier alpha value is -1.32. The topological polar surface area (TPSA) is 26.3 Å². The zero-order valence-electron chi connectivity index (χ0n) is 18.2. The van der Waals surface area contributed by atoms with Crippen LogP contribution in [0.15, 0.2) is 42.0 Å². The molecular weight excluding hydrogens is 382 g/mol. The van der Waals surface area contributed by atoms with Gasteiger partial charge in [-0.15, -0.1) is 0 Å². The largest absolute Gasteiger partial charge is 1.00 e. The fourth-order valence-corrected chi connectivity index (χ4v) is 4.77. The number of esters is 1. The number of carbonyl (C=O) groups is 1. The molecule has 3 nitrogen and oxygen atoms in total. The molecule has 0 unspecified atom stereocenters. The molecule has 1 heterocycles. The van der Waals surface area contributed by atoms with Crippen molar-refractivity contribution in [2.45, 2.75) is 71.3 Å². The Kier molecular flexibility index (Phi) is 9.71. The Morgan fingerprint density at radius 3 is 2.38 bits per heavy atom. The minimum atomic E-state index is 0. The molecule has 0 amide bonds. The second-order valence-electron chi connectivity index (χ2n) is 9.27. The van der Waals surface area contributed by atoms with Crippen molar-refractivity contribution in [3.05, 3.63) is 47.5 Å². The van der Waals surface area contributed by atoms with E-state index in [1.807, 2.05) is 0 Å². The average Bonchev–Trinajstić information content (AvgIpc) is 2.70. The van der Waals surface area contributed by atoms with E-state index in [1.54, 1.807) is 0 Å². The fraction of sp³-hybridized carbons (Fsp3) is 0.640. The van der Waals surface area contributed by atoms with Crippen molar-refractivity contribution in [3.63, 3.8) is 0 Å². The summed E-state index contributed by atoms with van der Waals surface area (Å²) < 4.78 is 6.78. The van der Waals surface area contributed by atoms with E-state index >= 15 is 0 Å². The number of ether oxygens (including phenoxy) is 1. The average molecular weight is 420 g/mol. The Bertz CT molecular complexity index is 644. The number of nitrogens with zero attached hydrogens (tertiary/aromatic N) is 1. The van der Waals surface area contributed by atoms with Gasteiger partial charge >= 0.3 is 5.97 Å². The Morgan fingerprint density at radius 1 is 1.07 bits per heavy atom. The summed E-state index contributed by atoms with van der Waals surface area (Å²) in [5, 5.41) is 0. The number of carbonyl (C=O) groups excluding carboxylic acids is 1. The highest BCUT2D eigenvalue weighted by molar-refractivity contribution is 5.70. The van der Waals surface area contributed by atoms with Gasteiger partial charge in [0, 0.05) is 0 Å². The van der Waals surface area contributed by atoms with Gasteiger partial charge in [0.1, 0.15) is 6.10 Å². The number of halogens is 1. The normalized spacial score (nSPS) is 24.4. The van der Waals surface area contributed by atoms with Crippen LogP contribution in [0.25, 0.3) is 0 Å². The minimum absolute atomic E-state index is 0. The quantitative estimate of drug-likeness (QED) is 0.385. The van der Waals surface area contributed by atoms with Crippen LogP contribution < -0.4 is 12.4 Å². The number of benzene rings is 1. The molecule has 0 bridgehead atoms. The van der Waals surface area contributed by atoms with Gasteiger partial charge in [-0.2, -0.15) is 0 Å². The van der Waals surface area contributed by atoms with Crippen LogP contribution >= 0.6 is 0 Å². The van der Waals surface area contributed by atoms with Gasteiger partial charge in [0.25, 0.3) is 0 Å². The van der Waals surface area contributed by atoms with Crippen molar-refractivity contribution in [2.24, 2.45) is 5.92 Å². The van der Waals surface area contributed by atoms with Gasteiger partial charge in [0.15, 0.2) is 6.54 Å². The lowest BCUT2D eigenvalue weighted by Crippen LogP contribution is -3.00. The monoisotopic (exact) mass is 419 g/mol. The van der Waals surface area contributed by atoms with Crippen molar-refractivity contribution < 1.29 is 26.4 Å². The second kappa shape index (κ2) is 11.8. The van der Waals surface area contributed by atoms with Crippen molar-refractivity contribution in [1.29, 1.82) is 0 Å². The maximum Gasteiger partial charge on any atom is 0.362 e. The third-order valence-corrected chi connectivity index (χ3v) is 6.64. The highest BCUT2D eigenvalue weighted by Gasteiger charge is 2.33. The summed E-state index contributed by atoms with van der Waals surface area (Å²) in [5.74, 6) is 0.809. The smallest absolute Gasteiger partial charge is 0.362 e. The molecule has 2 aliphatic rings. The zero-order chi connectivity index (χ0) is 19.8. The number of likely N-dealkylation sites (tertiary alicyclic amines) is 1. The first kappa shape index (κ1) is 24.0. The standard InChI is InChI=1S/C25H38NO2.ClH/c1-21-11-13-24(14-12-21)28-25(27)20-26(16-7-4-8-17-26)18-15-22(2)19-23-9-5-3-6-10-23;/h3,5-6,9-10,15,21,24H,4,7-8,11-14,16-20H2,1-2H3;1H/q+1;/p-1/b22-15-;. The minimum Gasteiger partial charge on any atom is -1.00 e. The summed E-state index contributed by atoms with van der Waals surface area (Å²) in [4.78, 5) is 12.7. The Balaban J connectivity index is 0.00000300. The molecule has 1 saturated heterocycles. The van der Waals surface area contributed by atoms with Crippen molar-refractivity contribution in [2.75, 3.05) is 26.2 Å². The van der Waals surface area contributed by atoms with Crippen molar-refractivity contribution in [1.82, 2.24) is 0 Å². The van der Waals surface area contributed by atoms with Crippen LogP contribution in [0.1, 0.15) is 64.4 Å². The number of quaternary nitrogens is 1. The third kappa shape index (κ3) is 7.79. The lowest BCUT2D eigenvalue weighted by molar-refractivity contribution is -0.920.